The number of rotatable bonds is 5. The zero-order chi connectivity index (χ0) is 8.04. The van der Waals surface area contributed by atoms with Gasteiger partial charge in [-0.1, -0.05) is 0 Å². The summed E-state index contributed by atoms with van der Waals surface area (Å²) in [5, 5.41) is 0. The van der Waals surface area contributed by atoms with Gasteiger partial charge in [0.25, 0.3) is 0 Å². The predicted octanol–water partition coefficient (Wildman–Crippen LogP) is 2.10. The lowest BCUT2D eigenvalue weighted by atomic mass is 10.6. The Morgan fingerprint density at radius 1 is 1.40 bits per heavy atom. The van der Waals surface area contributed by atoms with Crippen molar-refractivity contribution >= 4 is 19.2 Å². The molecule has 0 heterocycles. The summed E-state index contributed by atoms with van der Waals surface area (Å²) in [5.74, 6) is 0.483. The van der Waals surface area contributed by atoms with E-state index in [0.29, 0.717) is 18.5 Å². The van der Waals surface area contributed by atoms with E-state index >= 15 is 0 Å². The van der Waals surface area contributed by atoms with Crippen LogP contribution in [-0.2, 0) is 13.6 Å². The molecule has 0 rings (SSSR count). The van der Waals surface area contributed by atoms with Crippen molar-refractivity contribution in [3.05, 3.63) is 0 Å². The first-order valence-corrected chi connectivity index (χ1v) is 5.21. The van der Waals surface area contributed by atoms with Crippen molar-refractivity contribution in [1.82, 2.24) is 0 Å². The number of halogens is 1. The smallest absolute Gasteiger partial charge is 0.312 e. The average Bonchev–Trinajstić information content (AvgIpc) is 2.00. The minimum absolute atomic E-state index is 0.392. The van der Waals surface area contributed by atoms with E-state index < -0.39 is 7.60 Å². The monoisotopic (exact) mass is 186 g/mol. The SMILES string of the molecule is COP(=O)(CCCCl)OC. The minimum atomic E-state index is -2.78. The molecule has 0 aromatic heterocycles. The van der Waals surface area contributed by atoms with Gasteiger partial charge in [-0.3, -0.25) is 4.57 Å². The highest BCUT2D eigenvalue weighted by Crippen LogP contribution is 2.46. The molecule has 0 atom stereocenters. The Kier molecular flexibility index (Phi) is 5.36. The van der Waals surface area contributed by atoms with Crippen molar-refractivity contribution in [3.8, 4) is 0 Å². The van der Waals surface area contributed by atoms with Crippen LogP contribution in [-0.4, -0.2) is 26.3 Å². The lowest BCUT2D eigenvalue weighted by Gasteiger charge is -2.11. The number of hydrogen-bond acceptors (Lipinski definition) is 3. The molecule has 0 aliphatic rings. The van der Waals surface area contributed by atoms with Crippen LogP contribution in [0.25, 0.3) is 0 Å². The van der Waals surface area contributed by atoms with E-state index in [4.69, 9.17) is 11.6 Å². The molecule has 0 spiro atoms. The molecule has 0 fully saturated rings. The number of hydrogen-bond donors (Lipinski definition) is 0. The van der Waals surface area contributed by atoms with Crippen molar-refractivity contribution in [2.75, 3.05) is 26.3 Å². The molecule has 0 radical (unpaired) electrons. The minimum Gasteiger partial charge on any atom is -0.312 e. The van der Waals surface area contributed by atoms with Crippen LogP contribution in [0.1, 0.15) is 6.42 Å². The topological polar surface area (TPSA) is 35.5 Å². The first-order chi connectivity index (χ1) is 4.68. The summed E-state index contributed by atoms with van der Waals surface area (Å²) in [6.07, 6.45) is 1.05. The quantitative estimate of drug-likeness (QED) is 0.487. The second kappa shape index (κ2) is 5.14. The van der Waals surface area contributed by atoms with Crippen molar-refractivity contribution in [2.45, 2.75) is 6.42 Å². The van der Waals surface area contributed by atoms with Crippen molar-refractivity contribution in [3.63, 3.8) is 0 Å². The third-order valence-electron chi connectivity index (χ3n) is 1.12. The fraction of sp³-hybridized carbons (Fsp3) is 1.00. The van der Waals surface area contributed by atoms with Gasteiger partial charge in [0, 0.05) is 20.1 Å². The van der Waals surface area contributed by atoms with Crippen LogP contribution >= 0.6 is 19.2 Å². The molecule has 5 heteroatoms. The van der Waals surface area contributed by atoms with Gasteiger partial charge in [-0.05, 0) is 6.42 Å². The molecule has 0 aliphatic carbocycles. The summed E-state index contributed by atoms with van der Waals surface area (Å²) in [7, 11) is -0.0351. The summed E-state index contributed by atoms with van der Waals surface area (Å²) in [6, 6.07) is 0. The maximum absolute atomic E-state index is 11.2. The van der Waals surface area contributed by atoms with Gasteiger partial charge in [-0.25, -0.2) is 0 Å². The summed E-state index contributed by atoms with van der Waals surface area (Å²) < 4.78 is 20.5. The fourth-order valence-electron chi connectivity index (χ4n) is 0.511. The van der Waals surface area contributed by atoms with E-state index in [-0.39, 0.29) is 0 Å². The Morgan fingerprint density at radius 2 is 1.90 bits per heavy atom. The Morgan fingerprint density at radius 3 is 2.20 bits per heavy atom. The van der Waals surface area contributed by atoms with Gasteiger partial charge in [-0.15, -0.1) is 11.6 Å². The molecule has 0 aliphatic heterocycles. The van der Waals surface area contributed by atoms with Crippen molar-refractivity contribution < 1.29 is 13.6 Å². The third kappa shape index (κ3) is 3.57. The Hall–Kier alpha value is 0.440. The van der Waals surface area contributed by atoms with Gasteiger partial charge >= 0.3 is 7.60 Å². The van der Waals surface area contributed by atoms with Crippen molar-refractivity contribution in [1.29, 1.82) is 0 Å². The second-order valence-corrected chi connectivity index (χ2v) is 4.52. The molecule has 0 aromatic carbocycles. The standard InChI is InChI=1S/C5H12ClO3P/c1-8-10(7,9-2)5-3-4-6/h3-5H2,1-2H3. The number of alkyl halides is 1. The van der Waals surface area contributed by atoms with Crippen LogP contribution in [0, 0.1) is 0 Å². The summed E-state index contributed by atoms with van der Waals surface area (Å²) >= 11 is 5.39. The second-order valence-electron chi connectivity index (χ2n) is 1.74. The van der Waals surface area contributed by atoms with Crippen LogP contribution in [0.4, 0.5) is 0 Å². The van der Waals surface area contributed by atoms with Gasteiger partial charge in [0.15, 0.2) is 0 Å². The third-order valence-corrected chi connectivity index (χ3v) is 3.37. The molecule has 0 aromatic rings. The van der Waals surface area contributed by atoms with Crippen LogP contribution in [0.2, 0.25) is 0 Å². The first-order valence-electron chi connectivity index (χ1n) is 2.95. The summed E-state index contributed by atoms with van der Waals surface area (Å²) in [5.41, 5.74) is 0. The lowest BCUT2D eigenvalue weighted by Crippen LogP contribution is -1.94. The molecule has 62 valence electrons. The summed E-state index contributed by atoms with van der Waals surface area (Å²) in [6.45, 7) is 0. The predicted molar refractivity (Wildman–Crippen MR) is 41.8 cm³/mol. The van der Waals surface area contributed by atoms with Gasteiger partial charge in [-0.2, -0.15) is 0 Å². The first kappa shape index (κ1) is 10.4. The molecule has 0 N–H and O–H groups in total. The van der Waals surface area contributed by atoms with E-state index in [0.717, 1.165) is 0 Å². The largest absolute Gasteiger partial charge is 0.330 e. The Labute approximate surface area is 66.2 Å². The maximum atomic E-state index is 11.2. The molecule has 0 unspecified atom stereocenters. The maximum Gasteiger partial charge on any atom is 0.330 e. The lowest BCUT2D eigenvalue weighted by molar-refractivity contribution is 0.276. The molecule has 0 amide bonds. The highest BCUT2D eigenvalue weighted by Gasteiger charge is 2.19. The van der Waals surface area contributed by atoms with Gasteiger partial charge < -0.3 is 9.05 Å². The van der Waals surface area contributed by atoms with Crippen LogP contribution in [0.5, 0.6) is 0 Å². The molecular formula is C5H12ClO3P. The van der Waals surface area contributed by atoms with Crippen LogP contribution in [0.15, 0.2) is 0 Å². The fourth-order valence-corrected chi connectivity index (χ4v) is 1.89. The van der Waals surface area contributed by atoms with Crippen LogP contribution < -0.4 is 0 Å². The zero-order valence-electron chi connectivity index (χ0n) is 6.17. The van der Waals surface area contributed by atoms with Crippen molar-refractivity contribution in [2.24, 2.45) is 0 Å². The van der Waals surface area contributed by atoms with E-state index in [2.05, 4.69) is 9.05 Å². The highest BCUT2D eigenvalue weighted by molar-refractivity contribution is 7.53. The van der Waals surface area contributed by atoms with E-state index in [1.54, 1.807) is 0 Å². The molecule has 10 heavy (non-hydrogen) atoms. The molecule has 0 saturated heterocycles. The van der Waals surface area contributed by atoms with Gasteiger partial charge in [0.2, 0.25) is 0 Å². The van der Waals surface area contributed by atoms with E-state index in [1.807, 2.05) is 0 Å². The summed E-state index contributed by atoms with van der Waals surface area (Å²) in [4.78, 5) is 0. The normalized spacial score (nSPS) is 11.9. The molecule has 0 bridgehead atoms. The van der Waals surface area contributed by atoms with Gasteiger partial charge in [0.1, 0.15) is 0 Å². The van der Waals surface area contributed by atoms with Crippen LogP contribution in [0.3, 0.4) is 0 Å². The highest BCUT2D eigenvalue weighted by atomic mass is 35.5. The Bertz CT molecular complexity index is 120. The van der Waals surface area contributed by atoms with E-state index in [1.165, 1.54) is 14.2 Å². The van der Waals surface area contributed by atoms with E-state index in [9.17, 15) is 4.57 Å². The average molecular weight is 187 g/mol. The molecule has 0 saturated carbocycles. The zero-order valence-corrected chi connectivity index (χ0v) is 7.82. The Balaban J connectivity index is 3.70. The molecular weight excluding hydrogens is 174 g/mol. The molecule has 3 nitrogen and oxygen atoms in total. The van der Waals surface area contributed by atoms with Gasteiger partial charge in [0.05, 0.1) is 6.16 Å².